The minimum absolute atomic E-state index is 0.332. The number of carbonyl (C=O) groups is 3. The van der Waals surface area contributed by atoms with E-state index in [1.54, 1.807) is 38.4 Å². The number of nitrogens with one attached hydrogen (secondary N) is 1. The second kappa shape index (κ2) is 11.5. The average Bonchev–Trinajstić information content (AvgIpc) is 3.42. The lowest BCUT2D eigenvalue weighted by atomic mass is 10.0. The molecule has 0 radical (unpaired) electrons. The number of benzene rings is 2. The monoisotopic (exact) mass is 521 g/mol. The van der Waals surface area contributed by atoms with Gasteiger partial charge in [0, 0.05) is 23.3 Å². The highest BCUT2D eigenvalue weighted by atomic mass is 35.5. The summed E-state index contributed by atoms with van der Waals surface area (Å²) >= 11 is 6.09. The summed E-state index contributed by atoms with van der Waals surface area (Å²) in [5.74, 6) is -2.47. The van der Waals surface area contributed by atoms with Gasteiger partial charge in [-0.3, -0.25) is 14.4 Å². The Kier molecular flexibility index (Phi) is 8.21. The molecule has 9 heteroatoms. The molecular weight excluding hydrogens is 494 g/mol. The van der Waals surface area contributed by atoms with Crippen LogP contribution in [0.5, 0.6) is 5.88 Å². The van der Waals surface area contributed by atoms with E-state index in [2.05, 4.69) is 10.3 Å². The van der Waals surface area contributed by atoms with E-state index in [0.29, 0.717) is 30.3 Å². The number of aromatic nitrogens is 1. The van der Waals surface area contributed by atoms with Gasteiger partial charge in [0.15, 0.2) is 0 Å². The quantitative estimate of drug-likeness (QED) is 0.344. The number of Topliss-reactive ketones (excluding diaryl/α,β-unsaturated/α-hetero) is 1. The van der Waals surface area contributed by atoms with Crippen LogP contribution in [0.25, 0.3) is 11.1 Å². The number of halogens is 1. The molecule has 1 aromatic heterocycles. The zero-order valence-corrected chi connectivity index (χ0v) is 21.3. The Balaban J connectivity index is 1.39. The van der Waals surface area contributed by atoms with Gasteiger partial charge >= 0.3 is 0 Å². The topological polar surface area (TPSA) is 109 Å². The van der Waals surface area contributed by atoms with Crippen LogP contribution in [0.15, 0.2) is 66.9 Å². The number of hydrogen-bond acceptors (Lipinski definition) is 6. The average molecular weight is 522 g/mol. The third kappa shape index (κ3) is 5.81. The molecule has 1 fully saturated rings. The van der Waals surface area contributed by atoms with Crippen molar-refractivity contribution in [2.24, 2.45) is 0 Å². The van der Waals surface area contributed by atoms with Crippen LogP contribution in [0, 0.1) is 0 Å². The number of methoxy groups -OCH3 is 1. The molecule has 0 bridgehead atoms. The zero-order valence-electron chi connectivity index (χ0n) is 20.6. The minimum Gasteiger partial charge on any atom is -0.481 e. The highest BCUT2D eigenvalue weighted by Gasteiger charge is 2.38. The fraction of sp³-hybridized carbons (Fsp3) is 0.286. The molecule has 0 spiro atoms. The van der Waals surface area contributed by atoms with Gasteiger partial charge in [-0.05, 0) is 60.7 Å². The molecule has 8 nitrogen and oxygen atoms in total. The fourth-order valence-corrected chi connectivity index (χ4v) is 4.75. The molecule has 4 rings (SSSR count). The molecule has 2 amide bonds. The molecule has 2 N–H and O–H groups in total. The van der Waals surface area contributed by atoms with Crippen LogP contribution in [0.1, 0.15) is 43.0 Å². The molecule has 1 aliphatic rings. The first-order valence-electron chi connectivity index (χ1n) is 12.0. The second-order valence-corrected chi connectivity index (χ2v) is 9.33. The van der Waals surface area contributed by atoms with Crippen LogP contribution >= 0.6 is 11.6 Å². The van der Waals surface area contributed by atoms with Crippen LogP contribution in [-0.4, -0.2) is 52.3 Å². The molecule has 2 aromatic carbocycles. The van der Waals surface area contributed by atoms with Gasteiger partial charge in [-0.2, -0.15) is 0 Å². The number of amides is 2. The van der Waals surface area contributed by atoms with E-state index >= 15 is 0 Å². The summed E-state index contributed by atoms with van der Waals surface area (Å²) in [4.78, 5) is 43.9. The maximum atomic E-state index is 12.9. The lowest BCUT2D eigenvalue weighted by Gasteiger charge is -2.25. The van der Waals surface area contributed by atoms with Gasteiger partial charge in [0.05, 0.1) is 19.2 Å². The molecule has 0 saturated carbocycles. The maximum Gasteiger partial charge on any atom is 0.293 e. The van der Waals surface area contributed by atoms with Crippen molar-refractivity contribution in [3.8, 4) is 17.0 Å². The predicted octanol–water partition coefficient (Wildman–Crippen LogP) is 3.88. The summed E-state index contributed by atoms with van der Waals surface area (Å²) in [5.41, 5.74) is 3.27. The number of rotatable bonds is 8. The molecule has 0 unspecified atom stereocenters. The Hall–Kier alpha value is -3.75. The number of aliphatic hydroxyl groups excluding tert-OH is 1. The van der Waals surface area contributed by atoms with Crippen molar-refractivity contribution in [2.75, 3.05) is 13.7 Å². The number of nitrogens with zero attached hydrogens (tertiary/aromatic N) is 2. The Morgan fingerprint density at radius 3 is 2.59 bits per heavy atom. The van der Waals surface area contributed by atoms with Gasteiger partial charge in [-0.15, -0.1) is 0 Å². The first kappa shape index (κ1) is 26.3. The first-order valence-corrected chi connectivity index (χ1v) is 12.4. The first-order chi connectivity index (χ1) is 17.8. The zero-order chi connectivity index (χ0) is 26.5. The molecule has 1 aliphatic heterocycles. The summed E-state index contributed by atoms with van der Waals surface area (Å²) < 4.78 is 5.31. The lowest BCUT2D eigenvalue weighted by molar-refractivity contribution is -0.153. The highest BCUT2D eigenvalue weighted by Crippen LogP contribution is 2.33. The summed E-state index contributed by atoms with van der Waals surface area (Å²) in [6.45, 7) is 2.09. The van der Waals surface area contributed by atoms with Crippen LogP contribution in [0.3, 0.4) is 0 Å². The Morgan fingerprint density at radius 2 is 1.89 bits per heavy atom. The van der Waals surface area contributed by atoms with Gasteiger partial charge < -0.3 is 20.1 Å². The van der Waals surface area contributed by atoms with Crippen molar-refractivity contribution < 1.29 is 24.2 Å². The van der Waals surface area contributed by atoms with Gasteiger partial charge in [0.25, 0.3) is 17.6 Å². The number of ether oxygens (including phenoxy) is 1. The Morgan fingerprint density at radius 1 is 1.14 bits per heavy atom. The number of likely N-dealkylation sites (tertiary alicyclic amines) is 1. The van der Waals surface area contributed by atoms with Crippen LogP contribution < -0.4 is 10.1 Å². The number of ketones is 1. The summed E-state index contributed by atoms with van der Waals surface area (Å²) in [6.07, 6.45) is 0.914. The molecule has 192 valence electrons. The molecule has 1 saturated heterocycles. The molecule has 2 heterocycles. The highest BCUT2D eigenvalue weighted by molar-refractivity contribution is 6.41. The van der Waals surface area contributed by atoms with E-state index in [9.17, 15) is 19.5 Å². The van der Waals surface area contributed by atoms with E-state index in [4.69, 9.17) is 16.3 Å². The molecule has 0 aliphatic carbocycles. The molecule has 3 aromatic rings. The molecule has 37 heavy (non-hydrogen) atoms. The number of aliphatic hydroxyl groups is 1. The summed E-state index contributed by atoms with van der Waals surface area (Å²) in [6, 6.07) is 17.4. The van der Waals surface area contributed by atoms with E-state index in [1.165, 1.54) is 4.90 Å². The van der Waals surface area contributed by atoms with Crippen molar-refractivity contribution in [3.05, 3.63) is 83.0 Å². The summed E-state index contributed by atoms with van der Waals surface area (Å²) in [5, 5.41) is 13.6. The SMILES string of the molecule is COc1ncccc1-c1ccc([C@@H](C)NC(=O)[C@H](O)C(=O)C(=O)N2CCC[C@@H]2c2cccc(Cl)c2)cc1. The van der Waals surface area contributed by atoms with Crippen LogP contribution in [0.4, 0.5) is 0 Å². The van der Waals surface area contributed by atoms with Gasteiger partial charge in [-0.25, -0.2) is 4.98 Å². The smallest absolute Gasteiger partial charge is 0.293 e. The van der Waals surface area contributed by atoms with Crippen molar-refractivity contribution in [1.82, 2.24) is 15.2 Å². The third-order valence-corrected chi connectivity index (χ3v) is 6.73. The van der Waals surface area contributed by atoms with E-state index in [1.807, 2.05) is 42.5 Å². The Bertz CT molecular complexity index is 1300. The number of pyridine rings is 1. The Labute approximate surface area is 220 Å². The second-order valence-electron chi connectivity index (χ2n) is 8.89. The van der Waals surface area contributed by atoms with E-state index in [0.717, 1.165) is 22.3 Å². The van der Waals surface area contributed by atoms with E-state index in [-0.39, 0.29) is 6.04 Å². The van der Waals surface area contributed by atoms with Gasteiger partial charge in [0.2, 0.25) is 12.0 Å². The van der Waals surface area contributed by atoms with Crippen LogP contribution in [0.2, 0.25) is 5.02 Å². The van der Waals surface area contributed by atoms with E-state index < -0.39 is 29.7 Å². The molecular formula is C28H28ClN3O5. The van der Waals surface area contributed by atoms with Crippen molar-refractivity contribution in [3.63, 3.8) is 0 Å². The normalized spacial score (nSPS) is 16.6. The standard InChI is InChI=1S/C28H28ClN3O5/c1-17(18-10-12-19(13-11-18)22-8-4-14-30-27(22)37-2)31-26(35)24(33)25(34)28(36)32-15-5-9-23(32)20-6-3-7-21(29)16-20/h3-4,6-8,10-14,16-17,23-24,33H,5,9,15H2,1-2H3,(H,31,35)/t17-,23-,24-/m1/s1. The van der Waals surface area contributed by atoms with Crippen molar-refractivity contribution in [2.45, 2.75) is 38.0 Å². The van der Waals surface area contributed by atoms with Gasteiger partial charge in [0.1, 0.15) is 0 Å². The third-order valence-electron chi connectivity index (χ3n) is 6.50. The minimum atomic E-state index is -2.10. The molecule has 3 atom stereocenters. The largest absolute Gasteiger partial charge is 0.481 e. The van der Waals surface area contributed by atoms with Crippen molar-refractivity contribution in [1.29, 1.82) is 0 Å². The summed E-state index contributed by atoms with van der Waals surface area (Å²) in [7, 11) is 1.55. The van der Waals surface area contributed by atoms with Gasteiger partial charge in [-0.1, -0.05) is 48.0 Å². The maximum absolute atomic E-state index is 12.9. The van der Waals surface area contributed by atoms with Crippen molar-refractivity contribution >= 4 is 29.2 Å². The van der Waals surface area contributed by atoms with Crippen LogP contribution in [-0.2, 0) is 14.4 Å². The predicted molar refractivity (Wildman–Crippen MR) is 139 cm³/mol. The number of hydrogen-bond donors (Lipinski definition) is 2. The number of carbonyl (C=O) groups excluding carboxylic acids is 3. The lowest BCUT2D eigenvalue weighted by Crippen LogP contribution is -2.48. The fourth-order valence-electron chi connectivity index (χ4n) is 4.55.